The van der Waals surface area contributed by atoms with Gasteiger partial charge < -0.3 is 4.98 Å². The van der Waals surface area contributed by atoms with E-state index in [0.717, 1.165) is 6.07 Å². The molecule has 0 aliphatic heterocycles. The Labute approximate surface area is 125 Å². The second-order valence-electron chi connectivity index (χ2n) is 4.49. The van der Waals surface area contributed by atoms with Gasteiger partial charge in [-0.3, -0.25) is 4.79 Å². The maximum atomic E-state index is 13.3. The summed E-state index contributed by atoms with van der Waals surface area (Å²) in [5, 5.41) is 9.11. The number of nitrogens with zero attached hydrogens (tertiary/aromatic N) is 2. The summed E-state index contributed by atoms with van der Waals surface area (Å²) in [4.78, 5) is 17.5. The van der Waals surface area contributed by atoms with Crippen LogP contribution < -0.4 is 5.56 Å². The maximum absolute atomic E-state index is 13.3. The van der Waals surface area contributed by atoms with Gasteiger partial charge in [0.05, 0.1) is 22.0 Å². The first-order valence-corrected chi connectivity index (χ1v) is 6.77. The van der Waals surface area contributed by atoms with E-state index in [1.807, 2.05) is 0 Å². The molecule has 110 valence electrons. The van der Waals surface area contributed by atoms with Crippen molar-refractivity contribution >= 4 is 26.8 Å². The van der Waals surface area contributed by atoms with Crippen LogP contribution in [0.3, 0.4) is 0 Å². The summed E-state index contributed by atoms with van der Waals surface area (Å²) in [5.41, 5.74) is -2.65. The zero-order valence-corrected chi connectivity index (χ0v) is 12.6. The van der Waals surface area contributed by atoms with Crippen molar-refractivity contribution in [2.45, 2.75) is 24.9 Å². The summed E-state index contributed by atoms with van der Waals surface area (Å²) in [7, 11) is 0. The fourth-order valence-corrected chi connectivity index (χ4v) is 2.50. The Morgan fingerprint density at radius 2 is 2.10 bits per heavy atom. The molecule has 1 aromatic carbocycles. The fourth-order valence-electron chi connectivity index (χ4n) is 2.14. The van der Waals surface area contributed by atoms with E-state index in [2.05, 4.69) is 25.9 Å². The summed E-state index contributed by atoms with van der Waals surface area (Å²) in [6, 6.07) is 2.67. The lowest BCUT2D eigenvalue weighted by Gasteiger charge is -2.17. The normalized spacial score (nSPS) is 13.2. The van der Waals surface area contributed by atoms with Crippen molar-refractivity contribution in [1.29, 1.82) is 5.26 Å². The molecule has 0 amide bonds. The molecule has 0 radical (unpaired) electrons. The van der Waals surface area contributed by atoms with Gasteiger partial charge in [0.2, 0.25) is 0 Å². The number of aryl methyl sites for hydroxylation is 1. The van der Waals surface area contributed by atoms with Crippen LogP contribution in [0.5, 0.6) is 0 Å². The lowest BCUT2D eigenvalue weighted by molar-refractivity contribution is -0.138. The van der Waals surface area contributed by atoms with Crippen LogP contribution in [-0.4, -0.2) is 9.97 Å². The maximum Gasteiger partial charge on any atom is 0.418 e. The lowest BCUT2D eigenvalue weighted by atomic mass is 9.96. The zero-order valence-electron chi connectivity index (χ0n) is 11.0. The molecule has 0 aliphatic rings. The zero-order chi connectivity index (χ0) is 15.9. The molecule has 21 heavy (non-hydrogen) atoms. The van der Waals surface area contributed by atoms with Gasteiger partial charge in [0.25, 0.3) is 5.56 Å². The summed E-state index contributed by atoms with van der Waals surface area (Å²) >= 11 is 3.07. The molecular formula is C13H9BrF3N3O. The third kappa shape index (κ3) is 2.65. The largest absolute Gasteiger partial charge is 0.418 e. The van der Waals surface area contributed by atoms with E-state index in [1.54, 1.807) is 0 Å². The number of aromatic nitrogens is 2. The standard InChI is InChI=1S/C13H9BrF3N3O/c1-5(14)7-3-8-11(19-6(2)20-12(8)21)9(4-18)10(7)13(15,16)17/h3,5H,1-2H3,(H,19,20,21). The Morgan fingerprint density at radius 1 is 1.48 bits per heavy atom. The smallest absolute Gasteiger partial charge is 0.310 e. The molecule has 1 atom stereocenters. The molecule has 0 bridgehead atoms. The molecule has 0 spiro atoms. The van der Waals surface area contributed by atoms with E-state index in [9.17, 15) is 18.0 Å². The molecule has 1 N–H and O–H groups in total. The van der Waals surface area contributed by atoms with Gasteiger partial charge in [-0.15, -0.1) is 0 Å². The highest BCUT2D eigenvalue weighted by molar-refractivity contribution is 9.09. The van der Waals surface area contributed by atoms with Crippen molar-refractivity contribution in [2.75, 3.05) is 0 Å². The number of hydrogen-bond acceptors (Lipinski definition) is 3. The number of nitriles is 1. The SMILES string of the molecule is Cc1nc2c(C#N)c(C(F)(F)F)c(C(C)Br)cc2c(=O)[nH]1. The minimum atomic E-state index is -4.71. The minimum Gasteiger partial charge on any atom is -0.310 e. The van der Waals surface area contributed by atoms with Crippen molar-refractivity contribution in [3.63, 3.8) is 0 Å². The van der Waals surface area contributed by atoms with Gasteiger partial charge in [-0.1, -0.05) is 15.9 Å². The predicted octanol–water partition coefficient (Wildman–Crippen LogP) is 3.58. The van der Waals surface area contributed by atoms with Crippen molar-refractivity contribution < 1.29 is 13.2 Å². The van der Waals surface area contributed by atoms with E-state index in [-0.39, 0.29) is 22.3 Å². The minimum absolute atomic E-state index is 0.0357. The molecule has 1 aromatic heterocycles. The van der Waals surface area contributed by atoms with E-state index < -0.39 is 27.7 Å². The fraction of sp³-hybridized carbons (Fsp3) is 0.308. The van der Waals surface area contributed by atoms with Gasteiger partial charge in [-0.2, -0.15) is 18.4 Å². The highest BCUT2D eigenvalue weighted by atomic mass is 79.9. The first-order valence-electron chi connectivity index (χ1n) is 5.85. The molecule has 2 aromatic rings. The summed E-state index contributed by atoms with van der Waals surface area (Å²) in [6.07, 6.45) is -4.71. The van der Waals surface area contributed by atoms with E-state index in [1.165, 1.54) is 19.9 Å². The number of H-pyrrole nitrogens is 1. The highest BCUT2D eigenvalue weighted by Crippen LogP contribution is 2.41. The first kappa shape index (κ1) is 15.5. The van der Waals surface area contributed by atoms with Crippen molar-refractivity contribution in [1.82, 2.24) is 9.97 Å². The monoisotopic (exact) mass is 359 g/mol. The Kier molecular flexibility index (Phi) is 3.80. The van der Waals surface area contributed by atoms with Crippen LogP contribution in [0.25, 0.3) is 10.9 Å². The summed E-state index contributed by atoms with van der Waals surface area (Å²) < 4.78 is 39.9. The van der Waals surface area contributed by atoms with Crippen LogP contribution >= 0.6 is 15.9 Å². The number of rotatable bonds is 1. The molecular weight excluding hydrogens is 351 g/mol. The molecule has 0 saturated heterocycles. The van der Waals surface area contributed by atoms with Crippen LogP contribution in [0.4, 0.5) is 13.2 Å². The Bertz CT molecular complexity index is 818. The van der Waals surface area contributed by atoms with Crippen LogP contribution in [-0.2, 0) is 6.18 Å². The Morgan fingerprint density at radius 3 is 2.57 bits per heavy atom. The van der Waals surface area contributed by atoms with Gasteiger partial charge in [0, 0.05) is 4.83 Å². The van der Waals surface area contributed by atoms with Crippen molar-refractivity contribution in [2.24, 2.45) is 0 Å². The number of halogens is 4. The number of fused-ring (bicyclic) bond motifs is 1. The lowest BCUT2D eigenvalue weighted by Crippen LogP contribution is -2.17. The quantitative estimate of drug-likeness (QED) is 0.791. The number of nitrogens with one attached hydrogen (secondary N) is 1. The van der Waals surface area contributed by atoms with Crippen LogP contribution in [0.1, 0.15) is 34.3 Å². The van der Waals surface area contributed by atoms with E-state index in [4.69, 9.17) is 5.26 Å². The van der Waals surface area contributed by atoms with Crippen LogP contribution in [0, 0.1) is 18.3 Å². The van der Waals surface area contributed by atoms with Gasteiger partial charge in [0.15, 0.2) is 0 Å². The van der Waals surface area contributed by atoms with Crippen LogP contribution in [0.15, 0.2) is 10.9 Å². The van der Waals surface area contributed by atoms with E-state index >= 15 is 0 Å². The van der Waals surface area contributed by atoms with Crippen molar-refractivity contribution in [3.8, 4) is 6.07 Å². The number of benzene rings is 1. The molecule has 1 unspecified atom stereocenters. The Balaban J connectivity index is 3.11. The first-order chi connectivity index (χ1) is 9.66. The molecule has 2 rings (SSSR count). The highest BCUT2D eigenvalue weighted by Gasteiger charge is 2.38. The molecule has 0 saturated carbocycles. The average molecular weight is 360 g/mol. The second kappa shape index (κ2) is 5.15. The summed E-state index contributed by atoms with van der Waals surface area (Å²) in [6.45, 7) is 2.93. The number of aromatic amines is 1. The van der Waals surface area contributed by atoms with Crippen molar-refractivity contribution in [3.05, 3.63) is 38.9 Å². The van der Waals surface area contributed by atoms with Gasteiger partial charge in [-0.05, 0) is 25.5 Å². The third-order valence-electron chi connectivity index (χ3n) is 2.97. The number of hydrogen-bond donors (Lipinski definition) is 1. The second-order valence-corrected chi connectivity index (χ2v) is 5.86. The van der Waals surface area contributed by atoms with Crippen LogP contribution in [0.2, 0.25) is 0 Å². The predicted molar refractivity (Wildman–Crippen MR) is 74.2 cm³/mol. The van der Waals surface area contributed by atoms with Gasteiger partial charge >= 0.3 is 6.18 Å². The molecule has 0 aliphatic carbocycles. The molecule has 0 fully saturated rings. The topological polar surface area (TPSA) is 69.5 Å². The molecule has 1 heterocycles. The number of alkyl halides is 4. The van der Waals surface area contributed by atoms with Gasteiger partial charge in [0.1, 0.15) is 11.9 Å². The average Bonchev–Trinajstić information content (AvgIpc) is 2.35. The van der Waals surface area contributed by atoms with Gasteiger partial charge in [-0.25, -0.2) is 4.98 Å². The van der Waals surface area contributed by atoms with E-state index in [0.29, 0.717) is 0 Å². The summed E-state index contributed by atoms with van der Waals surface area (Å²) in [5.74, 6) is 0.150. The molecule has 8 heteroatoms. The Hall–Kier alpha value is -1.88. The molecule has 4 nitrogen and oxygen atoms in total. The third-order valence-corrected chi connectivity index (χ3v) is 3.47.